The predicted octanol–water partition coefficient (Wildman–Crippen LogP) is 3.75. The number of nitrogens with one attached hydrogen (secondary N) is 2. The number of nitrogens with zero attached hydrogens (tertiary/aromatic N) is 1. The Morgan fingerprint density at radius 3 is 2.80 bits per heavy atom. The summed E-state index contributed by atoms with van der Waals surface area (Å²) in [6.07, 6.45) is 7.36. The molecule has 0 spiro atoms. The van der Waals surface area contributed by atoms with Crippen molar-refractivity contribution in [1.29, 1.82) is 0 Å². The topological polar surface area (TPSA) is 40.7 Å². The fourth-order valence-corrected chi connectivity index (χ4v) is 3.16. The van der Waals surface area contributed by atoms with E-state index in [1.807, 2.05) is 12.3 Å². The molecule has 2 N–H and O–H groups in total. The van der Waals surface area contributed by atoms with Crippen LogP contribution in [0.25, 0.3) is 11.3 Å². The van der Waals surface area contributed by atoms with Gasteiger partial charge in [0, 0.05) is 18.2 Å². The minimum absolute atomic E-state index is 0.655. The van der Waals surface area contributed by atoms with Crippen LogP contribution in [0.1, 0.15) is 38.2 Å². The molecule has 3 rings (SSSR count). The lowest BCUT2D eigenvalue weighted by Gasteiger charge is -2.29. The van der Waals surface area contributed by atoms with Crippen LogP contribution < -0.4 is 5.32 Å². The first-order chi connectivity index (χ1) is 9.84. The van der Waals surface area contributed by atoms with Crippen molar-refractivity contribution < 1.29 is 0 Å². The maximum absolute atomic E-state index is 4.22. The Morgan fingerprint density at radius 1 is 1.20 bits per heavy atom. The lowest BCUT2D eigenvalue weighted by atomic mass is 9.86. The second-order valence-electron chi connectivity index (χ2n) is 5.89. The van der Waals surface area contributed by atoms with Gasteiger partial charge in [0.15, 0.2) is 0 Å². The zero-order chi connectivity index (χ0) is 13.8. The largest absolute Gasteiger partial charge is 0.310 e. The zero-order valence-corrected chi connectivity index (χ0v) is 12.1. The van der Waals surface area contributed by atoms with Gasteiger partial charge in [-0.15, -0.1) is 0 Å². The third-order valence-corrected chi connectivity index (χ3v) is 4.45. The molecule has 0 saturated heterocycles. The van der Waals surface area contributed by atoms with Crippen LogP contribution in [0.4, 0.5) is 0 Å². The van der Waals surface area contributed by atoms with Gasteiger partial charge in [-0.25, -0.2) is 0 Å². The standard InChI is InChI=1S/C17H23N3/c1-13-7-5-6-10-16(13)18-11-15-12-19-20-17(15)14-8-3-2-4-9-14/h2-4,8-9,12-13,16,18H,5-7,10-11H2,1H3,(H,19,20). The Morgan fingerprint density at radius 2 is 2.00 bits per heavy atom. The molecule has 106 valence electrons. The Balaban J connectivity index is 1.68. The fraction of sp³-hybridized carbons (Fsp3) is 0.471. The molecule has 1 aromatic heterocycles. The Bertz CT molecular complexity index is 532. The van der Waals surface area contributed by atoms with Crippen LogP contribution in [0.2, 0.25) is 0 Å². The molecule has 1 heterocycles. The first-order valence-electron chi connectivity index (χ1n) is 7.65. The third kappa shape index (κ3) is 2.93. The van der Waals surface area contributed by atoms with Gasteiger partial charge in [-0.05, 0) is 24.3 Å². The van der Waals surface area contributed by atoms with Crippen molar-refractivity contribution in [2.45, 2.75) is 45.2 Å². The maximum atomic E-state index is 4.22. The monoisotopic (exact) mass is 269 g/mol. The van der Waals surface area contributed by atoms with Gasteiger partial charge in [-0.3, -0.25) is 5.10 Å². The van der Waals surface area contributed by atoms with Gasteiger partial charge in [0.25, 0.3) is 0 Å². The first kappa shape index (κ1) is 13.4. The van der Waals surface area contributed by atoms with E-state index in [0.29, 0.717) is 6.04 Å². The summed E-state index contributed by atoms with van der Waals surface area (Å²) in [5.74, 6) is 0.788. The number of aromatic amines is 1. The number of hydrogen-bond donors (Lipinski definition) is 2. The van der Waals surface area contributed by atoms with Gasteiger partial charge < -0.3 is 5.32 Å². The van der Waals surface area contributed by atoms with E-state index in [1.54, 1.807) is 0 Å². The molecule has 1 saturated carbocycles. The number of hydrogen-bond acceptors (Lipinski definition) is 2. The predicted molar refractivity (Wildman–Crippen MR) is 82.3 cm³/mol. The molecule has 0 bridgehead atoms. The molecule has 3 nitrogen and oxygen atoms in total. The van der Waals surface area contributed by atoms with Gasteiger partial charge >= 0.3 is 0 Å². The van der Waals surface area contributed by atoms with Crippen LogP contribution in [0, 0.1) is 5.92 Å². The van der Waals surface area contributed by atoms with Crippen LogP contribution in [0.15, 0.2) is 36.5 Å². The summed E-state index contributed by atoms with van der Waals surface area (Å²) < 4.78 is 0. The molecule has 0 radical (unpaired) electrons. The van der Waals surface area contributed by atoms with Gasteiger partial charge in [0.1, 0.15) is 0 Å². The highest BCUT2D eigenvalue weighted by molar-refractivity contribution is 5.62. The molecular formula is C17H23N3. The Hall–Kier alpha value is -1.61. The van der Waals surface area contributed by atoms with Crippen molar-refractivity contribution in [2.24, 2.45) is 5.92 Å². The van der Waals surface area contributed by atoms with Crippen LogP contribution in [0.5, 0.6) is 0 Å². The molecule has 0 aliphatic heterocycles. The molecule has 20 heavy (non-hydrogen) atoms. The van der Waals surface area contributed by atoms with Crippen LogP contribution in [-0.4, -0.2) is 16.2 Å². The molecule has 2 unspecified atom stereocenters. The van der Waals surface area contributed by atoms with Crippen molar-refractivity contribution in [1.82, 2.24) is 15.5 Å². The lowest BCUT2D eigenvalue weighted by Crippen LogP contribution is -2.36. The molecule has 1 aliphatic carbocycles. The first-order valence-corrected chi connectivity index (χ1v) is 7.65. The molecule has 1 aliphatic rings. The lowest BCUT2D eigenvalue weighted by molar-refractivity contribution is 0.279. The molecule has 2 atom stereocenters. The van der Waals surface area contributed by atoms with Crippen LogP contribution in [0.3, 0.4) is 0 Å². The van der Waals surface area contributed by atoms with E-state index in [9.17, 15) is 0 Å². The zero-order valence-electron chi connectivity index (χ0n) is 12.1. The van der Waals surface area contributed by atoms with Crippen molar-refractivity contribution in [3.8, 4) is 11.3 Å². The molecule has 1 aromatic carbocycles. The summed E-state index contributed by atoms with van der Waals surface area (Å²) in [7, 11) is 0. The summed E-state index contributed by atoms with van der Waals surface area (Å²) in [5, 5.41) is 11.1. The molecule has 1 fully saturated rings. The van der Waals surface area contributed by atoms with E-state index < -0.39 is 0 Å². The van der Waals surface area contributed by atoms with E-state index in [2.05, 4.69) is 46.7 Å². The molecule has 3 heteroatoms. The van der Waals surface area contributed by atoms with E-state index >= 15 is 0 Å². The molecular weight excluding hydrogens is 246 g/mol. The molecule has 2 aromatic rings. The summed E-state index contributed by atoms with van der Waals surface area (Å²) in [6, 6.07) is 11.1. The normalized spacial score (nSPS) is 22.9. The number of H-pyrrole nitrogens is 1. The number of rotatable bonds is 4. The van der Waals surface area contributed by atoms with Crippen LogP contribution >= 0.6 is 0 Å². The summed E-state index contributed by atoms with van der Waals surface area (Å²) >= 11 is 0. The van der Waals surface area contributed by atoms with Gasteiger partial charge in [0.2, 0.25) is 0 Å². The second-order valence-corrected chi connectivity index (χ2v) is 5.89. The number of aromatic nitrogens is 2. The van der Waals surface area contributed by atoms with Crippen LogP contribution in [-0.2, 0) is 6.54 Å². The van der Waals surface area contributed by atoms with Gasteiger partial charge in [-0.2, -0.15) is 5.10 Å². The average molecular weight is 269 g/mol. The highest BCUT2D eigenvalue weighted by atomic mass is 15.1. The van der Waals surface area contributed by atoms with Gasteiger partial charge in [-0.1, -0.05) is 50.1 Å². The van der Waals surface area contributed by atoms with Crippen molar-refractivity contribution >= 4 is 0 Å². The fourth-order valence-electron chi connectivity index (χ4n) is 3.16. The van der Waals surface area contributed by atoms with E-state index in [0.717, 1.165) is 18.2 Å². The summed E-state index contributed by atoms with van der Waals surface area (Å²) in [6.45, 7) is 3.26. The SMILES string of the molecule is CC1CCCCC1NCc1cn[nH]c1-c1ccccc1. The van der Waals surface area contributed by atoms with E-state index in [-0.39, 0.29) is 0 Å². The van der Waals surface area contributed by atoms with E-state index in [4.69, 9.17) is 0 Å². The van der Waals surface area contributed by atoms with Crippen molar-refractivity contribution in [2.75, 3.05) is 0 Å². The van der Waals surface area contributed by atoms with Gasteiger partial charge in [0.05, 0.1) is 11.9 Å². The molecule has 0 amide bonds. The maximum Gasteiger partial charge on any atom is 0.0695 e. The second kappa shape index (κ2) is 6.23. The third-order valence-electron chi connectivity index (χ3n) is 4.45. The van der Waals surface area contributed by atoms with Crippen molar-refractivity contribution in [3.05, 3.63) is 42.1 Å². The smallest absolute Gasteiger partial charge is 0.0695 e. The minimum atomic E-state index is 0.655. The highest BCUT2D eigenvalue weighted by Crippen LogP contribution is 2.25. The number of benzene rings is 1. The Labute approximate surface area is 120 Å². The summed E-state index contributed by atoms with van der Waals surface area (Å²) in [5.41, 5.74) is 3.61. The average Bonchev–Trinajstić information content (AvgIpc) is 2.96. The highest BCUT2D eigenvalue weighted by Gasteiger charge is 2.21. The Kier molecular flexibility index (Phi) is 4.16. The van der Waals surface area contributed by atoms with Crippen molar-refractivity contribution in [3.63, 3.8) is 0 Å². The minimum Gasteiger partial charge on any atom is -0.310 e. The summed E-state index contributed by atoms with van der Waals surface area (Å²) in [4.78, 5) is 0. The quantitative estimate of drug-likeness (QED) is 0.887. The van der Waals surface area contributed by atoms with E-state index in [1.165, 1.54) is 36.8 Å².